The Morgan fingerprint density at radius 2 is 1.69 bits per heavy atom. The summed E-state index contributed by atoms with van der Waals surface area (Å²) in [5, 5.41) is 2.06. The van der Waals surface area contributed by atoms with Crippen LogP contribution in [0, 0.1) is 0 Å². The Morgan fingerprint density at radius 3 is 2.41 bits per heavy atom. The van der Waals surface area contributed by atoms with E-state index in [9.17, 15) is 4.79 Å². The van der Waals surface area contributed by atoms with Gasteiger partial charge in [0.05, 0.1) is 13.2 Å². The Labute approximate surface area is 235 Å². The number of methoxy groups -OCH3 is 1. The number of fused-ring (bicyclic) bond motifs is 1. The van der Waals surface area contributed by atoms with Crippen molar-refractivity contribution >= 4 is 5.91 Å². The predicted octanol–water partition coefficient (Wildman–Crippen LogP) is 5.81. The van der Waals surface area contributed by atoms with E-state index in [1.54, 1.807) is 7.11 Å². The largest absolute Gasteiger partial charge is 0.497 e. The van der Waals surface area contributed by atoms with Crippen LogP contribution < -0.4 is 10.2 Å². The van der Waals surface area contributed by atoms with Gasteiger partial charge in [-0.2, -0.15) is 0 Å². The molecular weight excluding hydrogens is 484 g/mol. The number of carbonyl (C=O) groups is 1. The van der Waals surface area contributed by atoms with Crippen LogP contribution in [0.3, 0.4) is 0 Å². The molecule has 3 saturated heterocycles. The zero-order chi connectivity index (χ0) is 27.4. The Morgan fingerprint density at radius 1 is 0.974 bits per heavy atom. The highest BCUT2D eigenvalue weighted by Gasteiger charge is 2.45. The van der Waals surface area contributed by atoms with Crippen molar-refractivity contribution in [2.75, 3.05) is 26.7 Å². The van der Waals surface area contributed by atoms with Crippen LogP contribution in [0.1, 0.15) is 86.3 Å². The van der Waals surface area contributed by atoms with Gasteiger partial charge in [-0.25, -0.2) is 5.01 Å². The summed E-state index contributed by atoms with van der Waals surface area (Å²) in [5.41, 5.74) is 6.28. The van der Waals surface area contributed by atoms with Gasteiger partial charge in [-0.15, -0.1) is 6.58 Å². The second-order valence-electron chi connectivity index (χ2n) is 11.7. The van der Waals surface area contributed by atoms with Crippen LogP contribution in [0.5, 0.6) is 5.75 Å². The molecule has 0 saturated carbocycles. The molecule has 6 nitrogen and oxygen atoms in total. The van der Waals surface area contributed by atoms with E-state index in [1.807, 2.05) is 18.2 Å². The van der Waals surface area contributed by atoms with E-state index in [1.165, 1.54) is 43.2 Å². The first-order valence-electron chi connectivity index (χ1n) is 14.9. The standard InChI is InChI=1S/C33H46N4O2/c1-5-20-36-24(2)12-19-31-30(36)18-13-25(3)37(31)32(28-10-9-11-29(23-28)39-4)26-14-16-27(17-15-26)33(38)34-35-21-7-6-8-22-35/h5,9-11,14-17,23-25,30-32H,1,6-8,12-13,18-22H2,2-4H3,(H,34,38). The molecule has 5 unspecified atom stereocenters. The first kappa shape index (κ1) is 27.9. The fourth-order valence-corrected chi connectivity index (χ4v) is 7.20. The monoisotopic (exact) mass is 530 g/mol. The first-order valence-corrected chi connectivity index (χ1v) is 14.9. The SMILES string of the molecule is C=CCN1C(C)CCC2C1CCC(C)N2C(c1ccc(C(=O)NN2CCCCC2)cc1)c1cccc(OC)c1. The number of hydrazine groups is 1. The predicted molar refractivity (Wildman–Crippen MR) is 158 cm³/mol. The maximum absolute atomic E-state index is 13.0. The van der Waals surface area contributed by atoms with Crippen LogP contribution >= 0.6 is 0 Å². The molecule has 0 aliphatic carbocycles. The Balaban J connectivity index is 1.47. The van der Waals surface area contributed by atoms with Gasteiger partial charge in [-0.05, 0) is 87.8 Å². The van der Waals surface area contributed by atoms with Gasteiger partial charge in [-0.1, -0.05) is 36.8 Å². The lowest BCUT2D eigenvalue weighted by molar-refractivity contribution is -0.0499. The lowest BCUT2D eigenvalue weighted by Crippen LogP contribution is -2.63. The van der Waals surface area contributed by atoms with Crippen molar-refractivity contribution < 1.29 is 9.53 Å². The fraction of sp³-hybridized carbons (Fsp3) is 0.545. The minimum Gasteiger partial charge on any atom is -0.497 e. The van der Waals surface area contributed by atoms with E-state index < -0.39 is 0 Å². The number of piperidine rings is 3. The summed E-state index contributed by atoms with van der Waals surface area (Å²) in [6.07, 6.45) is 10.4. The van der Waals surface area contributed by atoms with E-state index in [0.29, 0.717) is 29.7 Å². The van der Waals surface area contributed by atoms with Crippen LogP contribution in [0.2, 0.25) is 0 Å². The Kier molecular flexibility index (Phi) is 9.06. The molecule has 5 rings (SSSR count). The Hall–Kier alpha value is -2.67. The zero-order valence-electron chi connectivity index (χ0n) is 24.0. The molecule has 0 aromatic heterocycles. The average molecular weight is 531 g/mol. The van der Waals surface area contributed by atoms with Crippen LogP contribution in [-0.4, -0.2) is 71.6 Å². The van der Waals surface area contributed by atoms with Crippen LogP contribution in [0.15, 0.2) is 61.2 Å². The number of likely N-dealkylation sites (tertiary alicyclic amines) is 2. The van der Waals surface area contributed by atoms with Gasteiger partial charge in [-0.3, -0.25) is 20.0 Å². The summed E-state index contributed by atoms with van der Waals surface area (Å²) < 4.78 is 5.65. The van der Waals surface area contributed by atoms with Crippen molar-refractivity contribution in [3.05, 3.63) is 77.9 Å². The Bertz CT molecular complexity index is 1110. The molecule has 0 bridgehead atoms. The number of benzene rings is 2. The summed E-state index contributed by atoms with van der Waals surface area (Å²) in [4.78, 5) is 18.5. The van der Waals surface area contributed by atoms with E-state index in [-0.39, 0.29) is 11.9 Å². The van der Waals surface area contributed by atoms with Gasteiger partial charge < -0.3 is 4.74 Å². The summed E-state index contributed by atoms with van der Waals surface area (Å²) in [5.74, 6) is 0.857. The summed E-state index contributed by atoms with van der Waals surface area (Å²) in [6.45, 7) is 11.6. The molecule has 1 N–H and O–H groups in total. The van der Waals surface area contributed by atoms with Crippen molar-refractivity contribution in [2.45, 2.75) is 89.0 Å². The van der Waals surface area contributed by atoms with E-state index in [2.05, 4.69) is 77.1 Å². The molecule has 3 heterocycles. The number of ether oxygens (including phenoxy) is 1. The lowest BCUT2D eigenvalue weighted by Gasteiger charge is -2.56. The third-order valence-electron chi connectivity index (χ3n) is 9.24. The quantitative estimate of drug-likeness (QED) is 0.437. The summed E-state index contributed by atoms with van der Waals surface area (Å²) >= 11 is 0. The van der Waals surface area contributed by atoms with Crippen LogP contribution in [0.4, 0.5) is 0 Å². The maximum atomic E-state index is 13.0. The maximum Gasteiger partial charge on any atom is 0.265 e. The number of hydrogen-bond acceptors (Lipinski definition) is 5. The van der Waals surface area contributed by atoms with Gasteiger partial charge >= 0.3 is 0 Å². The number of amides is 1. The lowest BCUT2D eigenvalue weighted by atomic mass is 9.79. The molecular formula is C33H46N4O2. The molecule has 210 valence electrons. The van der Waals surface area contributed by atoms with E-state index in [4.69, 9.17) is 4.74 Å². The molecule has 1 amide bonds. The highest BCUT2D eigenvalue weighted by Crippen LogP contribution is 2.43. The van der Waals surface area contributed by atoms with Crippen molar-refractivity contribution in [1.29, 1.82) is 0 Å². The number of carbonyl (C=O) groups excluding carboxylic acids is 1. The second-order valence-corrected chi connectivity index (χ2v) is 11.7. The molecule has 39 heavy (non-hydrogen) atoms. The average Bonchev–Trinajstić information content (AvgIpc) is 2.97. The van der Waals surface area contributed by atoms with Crippen molar-refractivity contribution in [3.63, 3.8) is 0 Å². The third kappa shape index (κ3) is 6.08. The number of nitrogens with zero attached hydrogens (tertiary/aromatic N) is 3. The van der Waals surface area contributed by atoms with Crippen LogP contribution in [0.25, 0.3) is 0 Å². The van der Waals surface area contributed by atoms with Gasteiger partial charge in [0.2, 0.25) is 0 Å². The molecule has 0 radical (unpaired) electrons. The van der Waals surface area contributed by atoms with Gasteiger partial charge in [0.25, 0.3) is 5.91 Å². The molecule has 0 spiro atoms. The molecule has 3 fully saturated rings. The van der Waals surface area contributed by atoms with Crippen molar-refractivity contribution in [2.24, 2.45) is 0 Å². The normalized spacial score (nSPS) is 27.4. The number of nitrogens with one attached hydrogen (secondary N) is 1. The first-order chi connectivity index (χ1) is 19.0. The second kappa shape index (κ2) is 12.7. The summed E-state index contributed by atoms with van der Waals surface area (Å²) in [6, 6.07) is 19.0. The number of hydrogen-bond donors (Lipinski definition) is 1. The molecule has 3 aliphatic rings. The zero-order valence-corrected chi connectivity index (χ0v) is 24.0. The smallest absolute Gasteiger partial charge is 0.265 e. The molecule has 2 aromatic carbocycles. The van der Waals surface area contributed by atoms with Crippen molar-refractivity contribution in [1.82, 2.24) is 20.2 Å². The topological polar surface area (TPSA) is 48.0 Å². The molecule has 6 heteroatoms. The van der Waals surface area contributed by atoms with Crippen molar-refractivity contribution in [3.8, 4) is 5.75 Å². The minimum absolute atomic E-state index is 0.0193. The minimum atomic E-state index is -0.0193. The highest BCUT2D eigenvalue weighted by atomic mass is 16.5. The third-order valence-corrected chi connectivity index (χ3v) is 9.24. The van der Waals surface area contributed by atoms with E-state index in [0.717, 1.165) is 38.2 Å². The van der Waals surface area contributed by atoms with Gasteiger partial charge in [0.15, 0.2) is 0 Å². The number of rotatable bonds is 8. The fourth-order valence-electron chi connectivity index (χ4n) is 7.20. The molecule has 3 aliphatic heterocycles. The van der Waals surface area contributed by atoms with Gasteiger partial charge in [0, 0.05) is 49.4 Å². The highest BCUT2D eigenvalue weighted by molar-refractivity contribution is 5.93. The molecule has 5 atom stereocenters. The molecule has 2 aromatic rings. The van der Waals surface area contributed by atoms with Gasteiger partial charge in [0.1, 0.15) is 5.75 Å². The summed E-state index contributed by atoms with van der Waals surface area (Å²) in [7, 11) is 1.74. The van der Waals surface area contributed by atoms with E-state index >= 15 is 0 Å². The van der Waals surface area contributed by atoms with Crippen LogP contribution in [-0.2, 0) is 0 Å².